The first-order chi connectivity index (χ1) is 12.1. The standard InChI is InChI=1S/C19H20ClN5/c1-14-3-4-16(20)13-17(14)23-18-7-11-22-19(24-18)25(2)12-8-15-5-9-21-10-6-15/h3-7,9-11,13H,8,12H2,1-2H3,(H,22,23,24). The van der Waals surface area contributed by atoms with Crippen molar-refractivity contribution < 1.29 is 0 Å². The Morgan fingerprint density at radius 2 is 1.88 bits per heavy atom. The molecule has 25 heavy (non-hydrogen) atoms. The molecule has 0 atom stereocenters. The average Bonchev–Trinajstić information content (AvgIpc) is 2.64. The molecule has 0 aliphatic heterocycles. The Morgan fingerprint density at radius 1 is 1.08 bits per heavy atom. The molecule has 3 aromatic rings. The van der Waals surface area contributed by atoms with Gasteiger partial charge in [0.25, 0.3) is 0 Å². The van der Waals surface area contributed by atoms with Crippen LogP contribution in [0.1, 0.15) is 11.1 Å². The van der Waals surface area contributed by atoms with Crippen molar-refractivity contribution in [1.29, 1.82) is 0 Å². The predicted molar refractivity (Wildman–Crippen MR) is 103 cm³/mol. The summed E-state index contributed by atoms with van der Waals surface area (Å²) in [5, 5.41) is 4.00. The van der Waals surface area contributed by atoms with Crippen LogP contribution in [0.4, 0.5) is 17.5 Å². The molecule has 0 unspecified atom stereocenters. The maximum absolute atomic E-state index is 6.08. The summed E-state index contributed by atoms with van der Waals surface area (Å²) in [5.41, 5.74) is 3.29. The van der Waals surface area contributed by atoms with Crippen molar-refractivity contribution in [1.82, 2.24) is 15.0 Å². The van der Waals surface area contributed by atoms with E-state index in [4.69, 9.17) is 11.6 Å². The molecule has 6 heteroatoms. The number of aryl methyl sites for hydroxylation is 1. The van der Waals surface area contributed by atoms with E-state index in [2.05, 4.69) is 20.3 Å². The summed E-state index contributed by atoms with van der Waals surface area (Å²) in [5.74, 6) is 1.42. The van der Waals surface area contributed by atoms with Crippen LogP contribution >= 0.6 is 11.6 Å². The van der Waals surface area contributed by atoms with Crippen molar-refractivity contribution in [3.63, 3.8) is 0 Å². The average molecular weight is 354 g/mol. The smallest absolute Gasteiger partial charge is 0.227 e. The van der Waals surface area contributed by atoms with Crippen molar-refractivity contribution in [2.75, 3.05) is 23.8 Å². The van der Waals surface area contributed by atoms with Gasteiger partial charge in [0.15, 0.2) is 0 Å². The number of halogens is 1. The number of rotatable bonds is 6. The minimum Gasteiger partial charge on any atom is -0.343 e. The van der Waals surface area contributed by atoms with Gasteiger partial charge in [0.05, 0.1) is 0 Å². The molecule has 0 fully saturated rings. The van der Waals surface area contributed by atoms with Gasteiger partial charge in [-0.05, 0) is 54.8 Å². The van der Waals surface area contributed by atoms with Crippen LogP contribution in [0.5, 0.6) is 0 Å². The van der Waals surface area contributed by atoms with Crippen LogP contribution in [-0.4, -0.2) is 28.5 Å². The monoisotopic (exact) mass is 353 g/mol. The normalized spacial score (nSPS) is 10.5. The van der Waals surface area contributed by atoms with Crippen LogP contribution in [0.3, 0.4) is 0 Å². The lowest BCUT2D eigenvalue weighted by Gasteiger charge is -2.18. The highest BCUT2D eigenvalue weighted by molar-refractivity contribution is 6.30. The second kappa shape index (κ2) is 7.94. The van der Waals surface area contributed by atoms with Crippen LogP contribution < -0.4 is 10.2 Å². The van der Waals surface area contributed by atoms with Gasteiger partial charge in [0, 0.05) is 42.9 Å². The second-order valence-corrected chi connectivity index (χ2v) is 6.29. The van der Waals surface area contributed by atoms with Crippen molar-refractivity contribution in [3.8, 4) is 0 Å². The van der Waals surface area contributed by atoms with Crippen LogP contribution in [-0.2, 0) is 6.42 Å². The largest absolute Gasteiger partial charge is 0.343 e. The maximum Gasteiger partial charge on any atom is 0.227 e. The predicted octanol–water partition coefficient (Wildman–Crippen LogP) is 4.26. The SMILES string of the molecule is Cc1ccc(Cl)cc1Nc1ccnc(N(C)CCc2ccncc2)n1. The first-order valence-corrected chi connectivity index (χ1v) is 8.46. The van der Waals surface area contributed by atoms with E-state index in [0.29, 0.717) is 11.0 Å². The highest BCUT2D eigenvalue weighted by Gasteiger charge is 2.07. The summed E-state index contributed by atoms with van der Waals surface area (Å²) in [7, 11) is 1.99. The molecule has 5 nitrogen and oxygen atoms in total. The summed E-state index contributed by atoms with van der Waals surface area (Å²) in [6.45, 7) is 2.85. The van der Waals surface area contributed by atoms with Crippen molar-refractivity contribution >= 4 is 29.1 Å². The van der Waals surface area contributed by atoms with E-state index in [1.54, 1.807) is 6.20 Å². The fourth-order valence-corrected chi connectivity index (χ4v) is 2.59. The van der Waals surface area contributed by atoms with E-state index in [-0.39, 0.29) is 0 Å². The molecule has 0 aliphatic rings. The molecule has 0 bridgehead atoms. The molecule has 0 saturated carbocycles. The van der Waals surface area contributed by atoms with Gasteiger partial charge in [-0.25, -0.2) is 4.98 Å². The van der Waals surface area contributed by atoms with Gasteiger partial charge in [-0.15, -0.1) is 0 Å². The number of anilines is 3. The first-order valence-electron chi connectivity index (χ1n) is 8.08. The minimum absolute atomic E-state index is 0.679. The lowest BCUT2D eigenvalue weighted by molar-refractivity contribution is 0.837. The fraction of sp³-hybridized carbons (Fsp3) is 0.211. The molecule has 128 valence electrons. The van der Waals surface area contributed by atoms with E-state index in [9.17, 15) is 0 Å². The highest BCUT2D eigenvalue weighted by atomic mass is 35.5. The van der Waals surface area contributed by atoms with Gasteiger partial charge in [0.2, 0.25) is 5.95 Å². The molecule has 1 aromatic carbocycles. The fourth-order valence-electron chi connectivity index (χ4n) is 2.42. The molecule has 0 radical (unpaired) electrons. The number of aromatic nitrogens is 3. The number of benzene rings is 1. The van der Waals surface area contributed by atoms with E-state index >= 15 is 0 Å². The Labute approximate surface area is 152 Å². The zero-order valence-electron chi connectivity index (χ0n) is 14.3. The molecule has 2 aromatic heterocycles. The van der Waals surface area contributed by atoms with Crippen molar-refractivity contribution in [2.24, 2.45) is 0 Å². The molecule has 3 rings (SSSR count). The summed E-state index contributed by atoms with van der Waals surface area (Å²) >= 11 is 6.08. The molecule has 0 amide bonds. The van der Waals surface area contributed by atoms with Crippen molar-refractivity contribution in [2.45, 2.75) is 13.3 Å². The van der Waals surface area contributed by atoms with Crippen molar-refractivity contribution in [3.05, 3.63) is 71.1 Å². The second-order valence-electron chi connectivity index (χ2n) is 5.85. The number of nitrogens with zero attached hydrogens (tertiary/aromatic N) is 4. The molecule has 0 saturated heterocycles. The highest BCUT2D eigenvalue weighted by Crippen LogP contribution is 2.23. The van der Waals surface area contributed by atoms with Gasteiger partial charge in [-0.1, -0.05) is 17.7 Å². The Bertz CT molecular complexity index is 838. The Morgan fingerprint density at radius 3 is 2.68 bits per heavy atom. The van der Waals surface area contributed by atoms with Gasteiger partial charge in [-0.3, -0.25) is 4.98 Å². The molecular formula is C19H20ClN5. The van der Waals surface area contributed by atoms with Crippen LogP contribution in [0.2, 0.25) is 5.02 Å². The molecule has 2 heterocycles. The minimum atomic E-state index is 0.679. The van der Waals surface area contributed by atoms with Gasteiger partial charge in [0.1, 0.15) is 5.82 Å². The Hall–Kier alpha value is -2.66. The summed E-state index contributed by atoms with van der Waals surface area (Å²) < 4.78 is 0. The molecular weight excluding hydrogens is 334 g/mol. The number of hydrogen-bond acceptors (Lipinski definition) is 5. The molecule has 0 spiro atoms. The number of nitrogens with one attached hydrogen (secondary N) is 1. The Balaban J connectivity index is 1.69. The Kier molecular flexibility index (Phi) is 5.46. The van der Waals surface area contributed by atoms with E-state index in [1.165, 1.54) is 5.56 Å². The molecule has 0 aliphatic carbocycles. The lowest BCUT2D eigenvalue weighted by Crippen LogP contribution is -2.22. The quantitative estimate of drug-likeness (QED) is 0.717. The van der Waals surface area contributed by atoms with E-state index < -0.39 is 0 Å². The summed E-state index contributed by atoms with van der Waals surface area (Å²) in [6, 6.07) is 11.6. The summed E-state index contributed by atoms with van der Waals surface area (Å²) in [6.07, 6.45) is 6.29. The third kappa shape index (κ3) is 4.67. The third-order valence-corrected chi connectivity index (χ3v) is 4.17. The molecule has 1 N–H and O–H groups in total. The van der Waals surface area contributed by atoms with Gasteiger partial charge < -0.3 is 10.2 Å². The van der Waals surface area contributed by atoms with Crippen LogP contribution in [0.15, 0.2) is 55.0 Å². The number of pyridine rings is 1. The lowest BCUT2D eigenvalue weighted by atomic mass is 10.2. The van der Waals surface area contributed by atoms with Gasteiger partial charge in [-0.2, -0.15) is 4.98 Å². The third-order valence-electron chi connectivity index (χ3n) is 3.93. The van der Waals surface area contributed by atoms with Crippen LogP contribution in [0.25, 0.3) is 0 Å². The van der Waals surface area contributed by atoms with E-state index in [0.717, 1.165) is 30.0 Å². The zero-order valence-corrected chi connectivity index (χ0v) is 15.0. The number of hydrogen-bond donors (Lipinski definition) is 1. The van der Waals surface area contributed by atoms with Crippen LogP contribution in [0, 0.1) is 6.92 Å². The summed E-state index contributed by atoms with van der Waals surface area (Å²) in [4.78, 5) is 15.0. The number of likely N-dealkylation sites (N-methyl/N-ethyl adjacent to an activating group) is 1. The maximum atomic E-state index is 6.08. The first kappa shape index (κ1) is 17.2. The zero-order chi connectivity index (χ0) is 17.6. The van der Waals surface area contributed by atoms with Gasteiger partial charge >= 0.3 is 0 Å². The van der Waals surface area contributed by atoms with E-state index in [1.807, 2.05) is 67.7 Å². The topological polar surface area (TPSA) is 53.9 Å².